The van der Waals surface area contributed by atoms with Crippen LogP contribution in [0.1, 0.15) is 46.0 Å². The maximum Gasteiger partial charge on any atom is -0.0276 e. The smallest absolute Gasteiger partial charge is 0.0276 e. The predicted octanol–water partition coefficient (Wildman–Crippen LogP) is 3.84. The first-order valence-corrected chi connectivity index (χ1v) is 4.69. The summed E-state index contributed by atoms with van der Waals surface area (Å²) < 4.78 is 0. The van der Waals surface area contributed by atoms with Crippen LogP contribution in [0, 0.1) is 0 Å². The Kier molecular flexibility index (Phi) is 3.41. The maximum atomic E-state index is 2.33. The summed E-state index contributed by atoms with van der Waals surface area (Å²) in [7, 11) is 0. The lowest BCUT2D eigenvalue weighted by molar-refractivity contribution is 0.897. The first-order valence-electron chi connectivity index (χ1n) is 4.69. The van der Waals surface area contributed by atoms with Crippen LogP contribution in [0.25, 0.3) is 0 Å². The molecular weight excluding hydrogens is 132 g/mol. The van der Waals surface area contributed by atoms with Gasteiger partial charge in [0.15, 0.2) is 0 Å². The molecule has 1 aliphatic carbocycles. The lowest BCUT2D eigenvalue weighted by Gasteiger charge is -1.93. The standard InChI is InChI=1S/C11H18/c1-3-4-5-8-11-9-6-7-10(11)2/h5,8H,3-4,6-7,9H2,1-2H3/b8-5-. The minimum absolute atomic E-state index is 1.23. The molecule has 0 spiro atoms. The zero-order valence-electron chi connectivity index (χ0n) is 7.69. The fraction of sp³-hybridized carbons (Fsp3) is 0.636. The molecule has 0 atom stereocenters. The normalized spacial score (nSPS) is 18.7. The Morgan fingerprint density at radius 3 is 2.73 bits per heavy atom. The second-order valence-electron chi connectivity index (χ2n) is 3.35. The molecule has 0 saturated carbocycles. The summed E-state index contributed by atoms with van der Waals surface area (Å²) in [5.74, 6) is 0. The van der Waals surface area contributed by atoms with E-state index in [0.29, 0.717) is 0 Å². The molecule has 0 aromatic carbocycles. The quantitative estimate of drug-likeness (QED) is 0.573. The van der Waals surface area contributed by atoms with Crippen LogP contribution in [0.3, 0.4) is 0 Å². The Morgan fingerprint density at radius 1 is 1.36 bits per heavy atom. The zero-order chi connectivity index (χ0) is 8.10. The molecule has 0 radical (unpaired) electrons. The van der Waals surface area contributed by atoms with Gasteiger partial charge in [-0.15, -0.1) is 0 Å². The average molecular weight is 150 g/mol. The van der Waals surface area contributed by atoms with Gasteiger partial charge < -0.3 is 0 Å². The van der Waals surface area contributed by atoms with Crippen LogP contribution in [0.5, 0.6) is 0 Å². The molecule has 0 fully saturated rings. The van der Waals surface area contributed by atoms with Crippen LogP contribution in [-0.2, 0) is 0 Å². The van der Waals surface area contributed by atoms with Gasteiger partial charge in [0.05, 0.1) is 0 Å². The van der Waals surface area contributed by atoms with Crippen molar-refractivity contribution in [3.8, 4) is 0 Å². The number of rotatable bonds is 3. The maximum absolute atomic E-state index is 2.33. The monoisotopic (exact) mass is 150 g/mol. The highest BCUT2D eigenvalue weighted by Crippen LogP contribution is 2.26. The molecule has 0 saturated heterocycles. The van der Waals surface area contributed by atoms with Crippen molar-refractivity contribution in [2.45, 2.75) is 46.0 Å². The lowest BCUT2D eigenvalue weighted by atomic mass is 10.1. The van der Waals surface area contributed by atoms with Crippen molar-refractivity contribution in [1.29, 1.82) is 0 Å². The summed E-state index contributed by atoms with van der Waals surface area (Å²) in [5.41, 5.74) is 3.20. The van der Waals surface area contributed by atoms with Gasteiger partial charge in [0.1, 0.15) is 0 Å². The molecule has 1 aliphatic rings. The molecule has 0 bridgehead atoms. The Bertz CT molecular complexity index is 172. The van der Waals surface area contributed by atoms with Gasteiger partial charge in [-0.05, 0) is 38.2 Å². The predicted molar refractivity (Wildman–Crippen MR) is 50.6 cm³/mol. The van der Waals surface area contributed by atoms with E-state index in [1.54, 1.807) is 11.1 Å². The third kappa shape index (κ3) is 2.53. The molecule has 0 unspecified atom stereocenters. The minimum Gasteiger partial charge on any atom is -0.0843 e. The summed E-state index contributed by atoms with van der Waals surface area (Å²) in [6, 6.07) is 0. The Hall–Kier alpha value is -0.520. The fourth-order valence-corrected chi connectivity index (χ4v) is 1.54. The van der Waals surface area contributed by atoms with Gasteiger partial charge in [-0.1, -0.05) is 31.1 Å². The van der Waals surface area contributed by atoms with E-state index in [1.807, 2.05) is 0 Å². The summed E-state index contributed by atoms with van der Waals surface area (Å²) >= 11 is 0. The van der Waals surface area contributed by atoms with Crippen molar-refractivity contribution in [2.75, 3.05) is 0 Å². The van der Waals surface area contributed by atoms with Crippen LogP contribution in [0.15, 0.2) is 23.3 Å². The van der Waals surface area contributed by atoms with Crippen molar-refractivity contribution in [3.05, 3.63) is 23.3 Å². The van der Waals surface area contributed by atoms with E-state index in [9.17, 15) is 0 Å². The molecule has 0 aromatic rings. The largest absolute Gasteiger partial charge is 0.0843 e. The van der Waals surface area contributed by atoms with Gasteiger partial charge in [0, 0.05) is 0 Å². The molecule has 1 rings (SSSR count). The van der Waals surface area contributed by atoms with E-state index in [2.05, 4.69) is 26.0 Å². The van der Waals surface area contributed by atoms with Crippen molar-refractivity contribution in [1.82, 2.24) is 0 Å². The van der Waals surface area contributed by atoms with Crippen LogP contribution >= 0.6 is 0 Å². The Morgan fingerprint density at radius 2 is 2.18 bits per heavy atom. The number of allylic oxidation sites excluding steroid dienone is 4. The topological polar surface area (TPSA) is 0 Å². The van der Waals surface area contributed by atoms with E-state index in [-0.39, 0.29) is 0 Å². The van der Waals surface area contributed by atoms with E-state index in [4.69, 9.17) is 0 Å². The van der Waals surface area contributed by atoms with E-state index >= 15 is 0 Å². The molecular formula is C11H18. The molecule has 0 N–H and O–H groups in total. The van der Waals surface area contributed by atoms with Gasteiger partial charge in [-0.3, -0.25) is 0 Å². The highest BCUT2D eigenvalue weighted by Gasteiger charge is 2.06. The zero-order valence-corrected chi connectivity index (χ0v) is 7.69. The summed E-state index contributed by atoms with van der Waals surface area (Å²) in [6.07, 6.45) is 11.1. The molecule has 62 valence electrons. The van der Waals surface area contributed by atoms with Crippen molar-refractivity contribution in [2.24, 2.45) is 0 Å². The SMILES string of the molecule is CCC/C=C\C1=C(C)CCC1. The van der Waals surface area contributed by atoms with Crippen LogP contribution in [0.4, 0.5) is 0 Å². The molecule has 0 heterocycles. The summed E-state index contributed by atoms with van der Waals surface area (Å²) in [5, 5.41) is 0. The molecule has 0 heteroatoms. The van der Waals surface area contributed by atoms with Gasteiger partial charge >= 0.3 is 0 Å². The van der Waals surface area contributed by atoms with Crippen molar-refractivity contribution in [3.63, 3.8) is 0 Å². The fourth-order valence-electron chi connectivity index (χ4n) is 1.54. The molecule has 0 aliphatic heterocycles. The first kappa shape index (κ1) is 8.58. The van der Waals surface area contributed by atoms with Crippen molar-refractivity contribution >= 4 is 0 Å². The Balaban J connectivity index is 2.41. The van der Waals surface area contributed by atoms with Crippen LogP contribution < -0.4 is 0 Å². The molecule has 11 heavy (non-hydrogen) atoms. The molecule has 0 aromatic heterocycles. The summed E-state index contributed by atoms with van der Waals surface area (Å²) in [6.45, 7) is 4.48. The van der Waals surface area contributed by atoms with Crippen molar-refractivity contribution < 1.29 is 0 Å². The van der Waals surface area contributed by atoms with Crippen LogP contribution in [-0.4, -0.2) is 0 Å². The number of hydrogen-bond acceptors (Lipinski definition) is 0. The highest BCUT2D eigenvalue weighted by molar-refractivity contribution is 5.28. The lowest BCUT2D eigenvalue weighted by Crippen LogP contribution is -1.73. The minimum atomic E-state index is 1.23. The number of hydrogen-bond donors (Lipinski definition) is 0. The second-order valence-corrected chi connectivity index (χ2v) is 3.35. The van der Waals surface area contributed by atoms with E-state index in [1.165, 1.54) is 32.1 Å². The Labute approximate surface area is 70.0 Å². The summed E-state index contributed by atoms with van der Waals surface area (Å²) in [4.78, 5) is 0. The van der Waals surface area contributed by atoms with Gasteiger partial charge in [0.25, 0.3) is 0 Å². The van der Waals surface area contributed by atoms with Gasteiger partial charge in [-0.25, -0.2) is 0 Å². The van der Waals surface area contributed by atoms with E-state index < -0.39 is 0 Å². The third-order valence-electron chi connectivity index (χ3n) is 2.32. The van der Waals surface area contributed by atoms with E-state index in [0.717, 1.165) is 0 Å². The third-order valence-corrected chi connectivity index (χ3v) is 2.32. The highest BCUT2D eigenvalue weighted by atomic mass is 14.1. The molecule has 0 amide bonds. The van der Waals surface area contributed by atoms with Crippen LogP contribution in [0.2, 0.25) is 0 Å². The molecule has 0 nitrogen and oxygen atoms in total. The second kappa shape index (κ2) is 4.38. The number of unbranched alkanes of at least 4 members (excludes halogenated alkanes) is 1. The average Bonchev–Trinajstić information content (AvgIpc) is 2.37. The first-order chi connectivity index (χ1) is 5.34. The van der Waals surface area contributed by atoms with Gasteiger partial charge in [-0.2, -0.15) is 0 Å². The van der Waals surface area contributed by atoms with Gasteiger partial charge in [0.2, 0.25) is 0 Å².